The number of rotatable bonds is 5. The van der Waals surface area contributed by atoms with E-state index in [-0.39, 0.29) is 12.1 Å². The molecule has 0 spiro atoms. The topological polar surface area (TPSA) is 102 Å². The molecule has 0 aromatic carbocycles. The van der Waals surface area contributed by atoms with Gasteiger partial charge in [0.2, 0.25) is 17.8 Å². The number of hydrogen-bond donors (Lipinski definition) is 3. The fourth-order valence-electron chi connectivity index (χ4n) is 1.42. The lowest BCUT2D eigenvalue weighted by atomic mass is 10.2. The highest BCUT2D eigenvalue weighted by Crippen LogP contribution is 2.16. The van der Waals surface area contributed by atoms with Gasteiger partial charge in [-0.25, -0.2) is 10.1 Å². The first-order valence-electron chi connectivity index (χ1n) is 5.67. The molecular formula is C11H16N6O. The Morgan fingerprint density at radius 2 is 2.33 bits per heavy atom. The molecule has 0 saturated heterocycles. The molecule has 0 atom stereocenters. The third-order valence-corrected chi connectivity index (χ3v) is 2.14. The van der Waals surface area contributed by atoms with Crippen LogP contribution in [0.15, 0.2) is 18.3 Å². The van der Waals surface area contributed by atoms with Crippen LogP contribution in [0.4, 0.5) is 11.9 Å². The van der Waals surface area contributed by atoms with Crippen molar-refractivity contribution in [1.82, 2.24) is 20.2 Å². The molecule has 4 N–H and O–H groups in total. The molecule has 0 aliphatic carbocycles. The Bertz CT molecular complexity index is 510. The zero-order valence-corrected chi connectivity index (χ0v) is 10.3. The van der Waals surface area contributed by atoms with E-state index >= 15 is 0 Å². The monoisotopic (exact) mass is 248 g/mol. The summed E-state index contributed by atoms with van der Waals surface area (Å²) < 4.78 is 5.61. The Morgan fingerprint density at radius 1 is 1.50 bits per heavy atom. The van der Waals surface area contributed by atoms with Crippen molar-refractivity contribution in [3.8, 4) is 5.88 Å². The number of hydrogen-bond acceptors (Lipinski definition) is 6. The van der Waals surface area contributed by atoms with Gasteiger partial charge in [-0.2, -0.15) is 4.98 Å². The Morgan fingerprint density at radius 3 is 3.00 bits per heavy atom. The van der Waals surface area contributed by atoms with Gasteiger partial charge in [0, 0.05) is 18.3 Å². The van der Waals surface area contributed by atoms with E-state index in [0.717, 1.165) is 5.56 Å². The molecule has 2 aromatic rings. The van der Waals surface area contributed by atoms with Crippen LogP contribution in [-0.4, -0.2) is 26.3 Å². The summed E-state index contributed by atoms with van der Waals surface area (Å²) in [7, 11) is 0. The van der Waals surface area contributed by atoms with E-state index in [1.165, 1.54) is 0 Å². The van der Waals surface area contributed by atoms with Crippen molar-refractivity contribution >= 4 is 11.9 Å². The summed E-state index contributed by atoms with van der Waals surface area (Å²) in [4.78, 5) is 8.16. The van der Waals surface area contributed by atoms with Gasteiger partial charge in [-0.15, -0.1) is 5.10 Å². The number of aromatic nitrogens is 4. The quantitative estimate of drug-likeness (QED) is 0.734. The average molecular weight is 248 g/mol. The van der Waals surface area contributed by atoms with Crippen LogP contribution in [0, 0.1) is 0 Å². The molecule has 0 bridgehead atoms. The molecule has 0 unspecified atom stereocenters. The number of aromatic amines is 1. The second-order valence-electron chi connectivity index (χ2n) is 4.03. The van der Waals surface area contributed by atoms with Crippen molar-refractivity contribution in [3.05, 3.63) is 23.9 Å². The van der Waals surface area contributed by atoms with Gasteiger partial charge in [-0.3, -0.25) is 0 Å². The maximum atomic E-state index is 5.61. The van der Waals surface area contributed by atoms with E-state index in [9.17, 15) is 0 Å². The van der Waals surface area contributed by atoms with E-state index in [0.29, 0.717) is 18.4 Å². The molecule has 0 fully saturated rings. The molecule has 96 valence electrons. The van der Waals surface area contributed by atoms with Gasteiger partial charge >= 0.3 is 0 Å². The Balaban J connectivity index is 2.04. The molecule has 2 heterocycles. The minimum absolute atomic E-state index is 0.0813. The highest BCUT2D eigenvalue weighted by molar-refractivity contribution is 5.34. The van der Waals surface area contributed by atoms with Crippen LogP contribution in [0.25, 0.3) is 0 Å². The first kappa shape index (κ1) is 12.2. The normalized spacial score (nSPS) is 10.6. The van der Waals surface area contributed by atoms with Gasteiger partial charge in [-0.1, -0.05) is 6.07 Å². The highest BCUT2D eigenvalue weighted by Gasteiger charge is 2.07. The first-order chi connectivity index (χ1) is 8.65. The number of anilines is 2. The summed E-state index contributed by atoms with van der Waals surface area (Å²) >= 11 is 0. The maximum absolute atomic E-state index is 5.61. The number of nitrogens with one attached hydrogen (secondary N) is 2. The van der Waals surface area contributed by atoms with E-state index in [1.807, 2.05) is 26.0 Å². The molecule has 0 aliphatic rings. The maximum Gasteiger partial charge on any atom is 0.243 e. The number of nitrogens with zero attached hydrogens (tertiary/aromatic N) is 3. The largest absolute Gasteiger partial charge is 0.475 e. The van der Waals surface area contributed by atoms with Gasteiger partial charge < -0.3 is 15.8 Å². The van der Waals surface area contributed by atoms with Gasteiger partial charge in [0.05, 0.1) is 6.10 Å². The molecule has 2 aromatic heterocycles. The van der Waals surface area contributed by atoms with Gasteiger partial charge in [0.15, 0.2) is 0 Å². The third-order valence-electron chi connectivity index (χ3n) is 2.14. The van der Waals surface area contributed by atoms with Gasteiger partial charge in [0.25, 0.3) is 0 Å². The Kier molecular flexibility index (Phi) is 3.61. The number of H-pyrrole nitrogens is 1. The molecule has 0 aliphatic heterocycles. The molecule has 18 heavy (non-hydrogen) atoms. The van der Waals surface area contributed by atoms with Crippen molar-refractivity contribution in [2.24, 2.45) is 0 Å². The number of ether oxygens (including phenoxy) is 1. The minimum atomic E-state index is 0.0813. The van der Waals surface area contributed by atoms with E-state index < -0.39 is 0 Å². The van der Waals surface area contributed by atoms with Crippen LogP contribution < -0.4 is 15.8 Å². The second kappa shape index (κ2) is 5.35. The van der Waals surface area contributed by atoms with E-state index in [2.05, 4.69) is 25.5 Å². The summed E-state index contributed by atoms with van der Waals surface area (Å²) in [5.74, 6) is 1.35. The standard InChI is InChI=1S/C11H16N6O/c1-7(2)18-9-8(4-3-5-13-9)6-14-11-15-10(12)16-17-11/h3-5,7H,6H2,1-2H3,(H4,12,14,15,16,17). The lowest BCUT2D eigenvalue weighted by molar-refractivity contribution is 0.230. The average Bonchev–Trinajstić information content (AvgIpc) is 2.73. The van der Waals surface area contributed by atoms with Crippen molar-refractivity contribution in [1.29, 1.82) is 0 Å². The first-order valence-corrected chi connectivity index (χ1v) is 5.67. The summed E-state index contributed by atoms with van der Waals surface area (Å²) in [5.41, 5.74) is 6.38. The van der Waals surface area contributed by atoms with Crippen LogP contribution in [0.5, 0.6) is 5.88 Å². The van der Waals surface area contributed by atoms with Crippen LogP contribution in [0.1, 0.15) is 19.4 Å². The summed E-state index contributed by atoms with van der Waals surface area (Å²) in [6.07, 6.45) is 1.78. The van der Waals surface area contributed by atoms with Crippen LogP contribution in [0.3, 0.4) is 0 Å². The van der Waals surface area contributed by atoms with Crippen LogP contribution in [0.2, 0.25) is 0 Å². The van der Waals surface area contributed by atoms with Crippen molar-refractivity contribution < 1.29 is 4.74 Å². The highest BCUT2D eigenvalue weighted by atomic mass is 16.5. The smallest absolute Gasteiger partial charge is 0.243 e. The SMILES string of the molecule is CC(C)Oc1ncccc1CNc1n[nH]c(N)n1. The van der Waals surface area contributed by atoms with Crippen molar-refractivity contribution in [2.75, 3.05) is 11.1 Å². The zero-order valence-electron chi connectivity index (χ0n) is 10.3. The van der Waals surface area contributed by atoms with E-state index in [1.54, 1.807) is 6.20 Å². The third kappa shape index (κ3) is 3.09. The number of nitrogens with two attached hydrogens (primary N) is 1. The van der Waals surface area contributed by atoms with Crippen molar-refractivity contribution in [3.63, 3.8) is 0 Å². The predicted octanol–water partition coefficient (Wildman–Crippen LogP) is 1.18. The molecule has 2 rings (SSSR count). The number of nitrogen functional groups attached to an aromatic ring is 1. The van der Waals surface area contributed by atoms with Crippen LogP contribution in [-0.2, 0) is 6.54 Å². The lowest BCUT2D eigenvalue weighted by Gasteiger charge is -2.12. The van der Waals surface area contributed by atoms with Gasteiger partial charge in [0.1, 0.15) is 0 Å². The summed E-state index contributed by atoms with van der Waals surface area (Å²) in [6, 6.07) is 3.80. The van der Waals surface area contributed by atoms with E-state index in [4.69, 9.17) is 10.5 Å². The fraction of sp³-hybridized carbons (Fsp3) is 0.364. The van der Waals surface area contributed by atoms with Crippen LogP contribution >= 0.6 is 0 Å². The minimum Gasteiger partial charge on any atom is -0.475 e. The lowest BCUT2D eigenvalue weighted by Crippen LogP contribution is -2.11. The van der Waals surface area contributed by atoms with Crippen molar-refractivity contribution in [2.45, 2.75) is 26.5 Å². The molecule has 7 heteroatoms. The zero-order chi connectivity index (χ0) is 13.0. The molecule has 0 amide bonds. The Labute approximate surface area is 105 Å². The molecular weight excluding hydrogens is 232 g/mol. The van der Waals surface area contributed by atoms with Gasteiger partial charge in [-0.05, 0) is 19.9 Å². The molecule has 7 nitrogen and oxygen atoms in total. The predicted molar refractivity (Wildman–Crippen MR) is 68.1 cm³/mol. The summed E-state index contributed by atoms with van der Waals surface area (Å²) in [5, 5.41) is 9.49. The molecule has 0 radical (unpaired) electrons. The fourth-order valence-corrected chi connectivity index (χ4v) is 1.42. The summed E-state index contributed by atoms with van der Waals surface area (Å²) in [6.45, 7) is 4.44. The second-order valence-corrected chi connectivity index (χ2v) is 4.03. The Hall–Kier alpha value is -2.31. The number of pyridine rings is 1. The molecule has 0 saturated carbocycles.